The molecule has 0 saturated carbocycles. The number of aliphatic hydroxyl groups excluding tert-OH is 1. The number of amides is 1. The summed E-state index contributed by atoms with van der Waals surface area (Å²) < 4.78 is 6.12. The topological polar surface area (TPSA) is 102 Å². The highest BCUT2D eigenvalue weighted by molar-refractivity contribution is 5.92. The standard InChI is InChI=1S/C20H26N4O4/c25-15-6-8-23(9-7-15)13-17-18(14-4-2-1-3-5-14)24(10-11-28-17)19(26)16-12-21-20(27)22-16/h1-5,12,15,17-18,25H,6-11,13H2,(H2,21,22,27)/t17-,18-/m0/s1. The summed E-state index contributed by atoms with van der Waals surface area (Å²) in [7, 11) is 0. The predicted octanol–water partition coefficient (Wildman–Crippen LogP) is 0.742. The molecular formula is C20H26N4O4. The smallest absolute Gasteiger partial charge is 0.323 e. The van der Waals surface area contributed by atoms with E-state index in [0.29, 0.717) is 19.7 Å². The van der Waals surface area contributed by atoms with Crippen molar-refractivity contribution in [3.8, 4) is 0 Å². The lowest BCUT2D eigenvalue weighted by Crippen LogP contribution is -2.53. The molecule has 0 bridgehead atoms. The molecular weight excluding hydrogens is 360 g/mol. The minimum atomic E-state index is -0.392. The third-order valence-corrected chi connectivity index (χ3v) is 5.58. The first-order valence-electron chi connectivity index (χ1n) is 9.77. The van der Waals surface area contributed by atoms with Crippen molar-refractivity contribution < 1.29 is 14.6 Å². The molecule has 2 aliphatic heterocycles. The second-order valence-electron chi connectivity index (χ2n) is 7.45. The lowest BCUT2D eigenvalue weighted by molar-refractivity contribution is -0.0771. The van der Waals surface area contributed by atoms with E-state index >= 15 is 0 Å². The van der Waals surface area contributed by atoms with Gasteiger partial charge >= 0.3 is 5.69 Å². The minimum absolute atomic E-state index is 0.180. The molecule has 2 aromatic rings. The number of piperidine rings is 1. The first-order chi connectivity index (χ1) is 13.6. The number of carbonyl (C=O) groups is 1. The molecule has 1 aromatic heterocycles. The molecule has 0 aliphatic carbocycles. The largest absolute Gasteiger partial charge is 0.393 e. The molecule has 3 N–H and O–H groups in total. The molecule has 1 aromatic carbocycles. The molecule has 2 atom stereocenters. The van der Waals surface area contributed by atoms with Gasteiger partial charge in [-0.15, -0.1) is 0 Å². The van der Waals surface area contributed by atoms with Crippen LogP contribution in [0.3, 0.4) is 0 Å². The van der Waals surface area contributed by atoms with Crippen molar-refractivity contribution in [1.29, 1.82) is 0 Å². The number of aliphatic hydroxyl groups is 1. The van der Waals surface area contributed by atoms with E-state index in [1.54, 1.807) is 4.90 Å². The Kier molecular flexibility index (Phi) is 5.61. The van der Waals surface area contributed by atoms with Crippen LogP contribution in [-0.2, 0) is 4.74 Å². The average Bonchev–Trinajstić information content (AvgIpc) is 3.16. The van der Waals surface area contributed by atoms with Crippen molar-refractivity contribution in [1.82, 2.24) is 19.8 Å². The van der Waals surface area contributed by atoms with E-state index in [9.17, 15) is 14.7 Å². The molecule has 2 saturated heterocycles. The van der Waals surface area contributed by atoms with Gasteiger partial charge in [-0.1, -0.05) is 30.3 Å². The second kappa shape index (κ2) is 8.30. The number of carbonyl (C=O) groups excluding carboxylic acids is 1. The van der Waals surface area contributed by atoms with Crippen LogP contribution in [0, 0.1) is 0 Å². The van der Waals surface area contributed by atoms with Gasteiger partial charge in [-0.05, 0) is 18.4 Å². The Balaban J connectivity index is 1.59. The molecule has 2 fully saturated rings. The van der Waals surface area contributed by atoms with E-state index in [2.05, 4.69) is 14.9 Å². The third kappa shape index (κ3) is 4.04. The van der Waals surface area contributed by atoms with Gasteiger partial charge in [-0.2, -0.15) is 0 Å². The van der Waals surface area contributed by atoms with Crippen molar-refractivity contribution in [3.05, 3.63) is 58.3 Å². The van der Waals surface area contributed by atoms with Gasteiger partial charge in [-0.3, -0.25) is 4.79 Å². The number of ether oxygens (including phenoxy) is 1. The summed E-state index contributed by atoms with van der Waals surface area (Å²) in [6, 6.07) is 9.63. The van der Waals surface area contributed by atoms with E-state index in [1.807, 2.05) is 30.3 Å². The fourth-order valence-electron chi connectivity index (χ4n) is 4.12. The lowest BCUT2D eigenvalue weighted by atomic mass is 9.96. The number of H-pyrrole nitrogens is 2. The van der Waals surface area contributed by atoms with Gasteiger partial charge in [0.15, 0.2) is 0 Å². The number of benzene rings is 1. The van der Waals surface area contributed by atoms with E-state index in [0.717, 1.165) is 31.5 Å². The fourth-order valence-corrected chi connectivity index (χ4v) is 4.12. The van der Waals surface area contributed by atoms with Gasteiger partial charge in [0, 0.05) is 32.4 Å². The van der Waals surface area contributed by atoms with Gasteiger partial charge in [0.2, 0.25) is 0 Å². The summed E-state index contributed by atoms with van der Waals surface area (Å²) in [6.07, 6.45) is 2.53. The number of nitrogens with zero attached hydrogens (tertiary/aromatic N) is 2. The summed E-state index contributed by atoms with van der Waals surface area (Å²) in [5, 5.41) is 9.76. The normalized spacial score (nSPS) is 24.4. The zero-order chi connectivity index (χ0) is 19.5. The van der Waals surface area contributed by atoms with Crippen LogP contribution < -0.4 is 5.69 Å². The number of hydrogen-bond acceptors (Lipinski definition) is 5. The molecule has 0 unspecified atom stereocenters. The quantitative estimate of drug-likeness (QED) is 0.720. The lowest BCUT2D eigenvalue weighted by Gasteiger charge is -2.43. The number of aromatic amines is 2. The Bertz CT molecular complexity index is 841. The van der Waals surface area contributed by atoms with Crippen molar-refractivity contribution in [2.75, 3.05) is 32.8 Å². The Hall–Kier alpha value is -2.42. The summed E-state index contributed by atoms with van der Waals surface area (Å²) in [6.45, 7) is 3.24. The summed E-state index contributed by atoms with van der Waals surface area (Å²) >= 11 is 0. The van der Waals surface area contributed by atoms with Crippen LogP contribution in [0.5, 0.6) is 0 Å². The van der Waals surface area contributed by atoms with E-state index in [-0.39, 0.29) is 29.9 Å². The zero-order valence-electron chi connectivity index (χ0n) is 15.7. The summed E-state index contributed by atoms with van der Waals surface area (Å²) in [4.78, 5) is 33.7. The van der Waals surface area contributed by atoms with Crippen LogP contribution in [0.4, 0.5) is 0 Å². The van der Waals surface area contributed by atoms with E-state index in [1.165, 1.54) is 6.20 Å². The predicted molar refractivity (Wildman–Crippen MR) is 103 cm³/mol. The number of nitrogens with one attached hydrogen (secondary N) is 2. The van der Waals surface area contributed by atoms with E-state index < -0.39 is 5.69 Å². The van der Waals surface area contributed by atoms with Crippen LogP contribution >= 0.6 is 0 Å². The number of rotatable bonds is 4. The molecule has 3 heterocycles. The molecule has 0 radical (unpaired) electrons. The van der Waals surface area contributed by atoms with Gasteiger partial charge in [0.25, 0.3) is 5.91 Å². The van der Waals surface area contributed by atoms with Crippen molar-refractivity contribution in [2.45, 2.75) is 31.1 Å². The maximum atomic E-state index is 13.1. The summed E-state index contributed by atoms with van der Waals surface area (Å²) in [5.41, 5.74) is 0.874. The van der Waals surface area contributed by atoms with Gasteiger partial charge in [0.1, 0.15) is 5.69 Å². The first kappa shape index (κ1) is 18.9. The van der Waals surface area contributed by atoms with Crippen LogP contribution in [0.25, 0.3) is 0 Å². The molecule has 2 aliphatic rings. The molecule has 150 valence electrons. The van der Waals surface area contributed by atoms with Crippen molar-refractivity contribution in [2.24, 2.45) is 0 Å². The third-order valence-electron chi connectivity index (χ3n) is 5.58. The van der Waals surface area contributed by atoms with Crippen molar-refractivity contribution in [3.63, 3.8) is 0 Å². The van der Waals surface area contributed by atoms with Gasteiger partial charge < -0.3 is 29.6 Å². The Labute approximate surface area is 163 Å². The molecule has 0 spiro atoms. The number of morpholine rings is 1. The summed E-state index contributed by atoms with van der Waals surface area (Å²) in [5.74, 6) is -0.213. The van der Waals surface area contributed by atoms with Crippen LogP contribution in [-0.4, -0.2) is 75.8 Å². The monoisotopic (exact) mass is 386 g/mol. The Morgan fingerprint density at radius 2 is 1.93 bits per heavy atom. The van der Waals surface area contributed by atoms with E-state index in [4.69, 9.17) is 4.74 Å². The van der Waals surface area contributed by atoms with Gasteiger partial charge in [0.05, 0.1) is 24.9 Å². The number of imidazole rings is 1. The highest BCUT2D eigenvalue weighted by atomic mass is 16.5. The van der Waals surface area contributed by atoms with Crippen LogP contribution in [0.15, 0.2) is 41.3 Å². The minimum Gasteiger partial charge on any atom is -0.393 e. The number of hydrogen-bond donors (Lipinski definition) is 3. The van der Waals surface area contributed by atoms with Crippen LogP contribution in [0.2, 0.25) is 0 Å². The zero-order valence-corrected chi connectivity index (χ0v) is 15.7. The highest BCUT2D eigenvalue weighted by Crippen LogP contribution is 2.31. The molecule has 4 rings (SSSR count). The average molecular weight is 386 g/mol. The Morgan fingerprint density at radius 1 is 1.18 bits per heavy atom. The molecule has 8 nitrogen and oxygen atoms in total. The number of likely N-dealkylation sites (tertiary alicyclic amines) is 1. The second-order valence-corrected chi connectivity index (χ2v) is 7.45. The molecule has 1 amide bonds. The molecule has 8 heteroatoms. The number of aromatic nitrogens is 2. The fraction of sp³-hybridized carbons (Fsp3) is 0.500. The highest BCUT2D eigenvalue weighted by Gasteiger charge is 2.38. The van der Waals surface area contributed by atoms with Crippen LogP contribution in [0.1, 0.15) is 34.9 Å². The SMILES string of the molecule is O=C(c1c[nH]c(=O)[nH]1)N1CCO[C@@H](CN2CCC(O)CC2)[C@@H]1c1ccccc1. The van der Waals surface area contributed by atoms with Gasteiger partial charge in [-0.25, -0.2) is 4.79 Å². The maximum Gasteiger partial charge on any atom is 0.323 e. The molecule has 28 heavy (non-hydrogen) atoms. The van der Waals surface area contributed by atoms with Crippen molar-refractivity contribution >= 4 is 5.91 Å². The Morgan fingerprint density at radius 3 is 2.61 bits per heavy atom. The maximum absolute atomic E-state index is 13.1. The first-order valence-corrected chi connectivity index (χ1v) is 9.77.